The number of carbonyl (C=O) groups is 1. The van der Waals surface area contributed by atoms with E-state index in [0.717, 1.165) is 19.3 Å². The highest BCUT2D eigenvalue weighted by molar-refractivity contribution is 5.86. The topological polar surface area (TPSA) is 37.3 Å². The van der Waals surface area contributed by atoms with Crippen molar-refractivity contribution in [2.75, 3.05) is 0 Å². The molecule has 2 nitrogen and oxygen atoms in total. The summed E-state index contributed by atoms with van der Waals surface area (Å²) in [6.07, 6.45) is 1.33. The van der Waals surface area contributed by atoms with Gasteiger partial charge in [-0.2, -0.15) is 8.78 Å². The Labute approximate surface area is 102 Å². The number of aliphatic hydroxyl groups excluding tert-OH is 1. The molecule has 1 atom stereocenters. The van der Waals surface area contributed by atoms with Gasteiger partial charge >= 0.3 is 5.92 Å². The Morgan fingerprint density at radius 2 is 1.82 bits per heavy atom. The predicted octanol–water partition coefficient (Wildman–Crippen LogP) is 3.57. The quantitative estimate of drug-likeness (QED) is 0.635. The van der Waals surface area contributed by atoms with Crippen LogP contribution in [0.15, 0.2) is 0 Å². The van der Waals surface area contributed by atoms with E-state index in [-0.39, 0.29) is 18.8 Å². The fourth-order valence-electron chi connectivity index (χ4n) is 1.64. The average molecular weight is 250 g/mol. The molecule has 0 aromatic carbocycles. The summed E-state index contributed by atoms with van der Waals surface area (Å²) < 4.78 is 27.0. The minimum atomic E-state index is -3.59. The Morgan fingerprint density at radius 1 is 1.24 bits per heavy atom. The molecule has 0 amide bonds. The fraction of sp³-hybridized carbons (Fsp3) is 0.923. The molecule has 0 aliphatic carbocycles. The Kier molecular flexibility index (Phi) is 7.51. The molecule has 0 spiro atoms. The lowest BCUT2D eigenvalue weighted by Gasteiger charge is -2.22. The second kappa shape index (κ2) is 7.75. The first kappa shape index (κ1) is 16.5. The van der Waals surface area contributed by atoms with Gasteiger partial charge in [-0.05, 0) is 12.3 Å². The maximum absolute atomic E-state index is 13.5. The highest BCUT2D eigenvalue weighted by Gasteiger charge is 2.45. The van der Waals surface area contributed by atoms with E-state index in [0.29, 0.717) is 6.42 Å². The molecular weight excluding hydrogens is 226 g/mol. The molecule has 0 aromatic heterocycles. The van der Waals surface area contributed by atoms with Crippen LogP contribution < -0.4 is 0 Å². The van der Waals surface area contributed by atoms with Crippen molar-refractivity contribution in [1.29, 1.82) is 0 Å². The lowest BCUT2D eigenvalue weighted by molar-refractivity contribution is -0.162. The summed E-state index contributed by atoms with van der Waals surface area (Å²) in [5.41, 5.74) is 0. The van der Waals surface area contributed by atoms with Gasteiger partial charge in [0.25, 0.3) is 0 Å². The van der Waals surface area contributed by atoms with Crippen molar-refractivity contribution in [3.63, 3.8) is 0 Å². The zero-order chi connectivity index (χ0) is 13.5. The molecule has 1 unspecified atom stereocenters. The molecule has 0 aromatic rings. The highest BCUT2D eigenvalue weighted by Crippen LogP contribution is 2.26. The van der Waals surface area contributed by atoms with E-state index in [4.69, 9.17) is 0 Å². The summed E-state index contributed by atoms with van der Waals surface area (Å²) in [4.78, 5) is 11.3. The van der Waals surface area contributed by atoms with Gasteiger partial charge in [0, 0.05) is 6.42 Å². The number of aliphatic hydroxyl groups is 1. The molecule has 0 aliphatic heterocycles. The van der Waals surface area contributed by atoms with Crippen LogP contribution in [0.3, 0.4) is 0 Å². The number of alkyl halides is 2. The van der Waals surface area contributed by atoms with Crippen LogP contribution in [0.2, 0.25) is 0 Å². The lowest BCUT2D eigenvalue weighted by Crippen LogP contribution is -2.41. The van der Waals surface area contributed by atoms with Crippen molar-refractivity contribution in [1.82, 2.24) is 0 Å². The van der Waals surface area contributed by atoms with Crippen LogP contribution in [0.25, 0.3) is 0 Å². The number of hydrogen-bond acceptors (Lipinski definition) is 2. The summed E-state index contributed by atoms with van der Waals surface area (Å²) in [7, 11) is 0. The van der Waals surface area contributed by atoms with Gasteiger partial charge in [-0.15, -0.1) is 0 Å². The zero-order valence-corrected chi connectivity index (χ0v) is 11.0. The molecule has 0 fully saturated rings. The van der Waals surface area contributed by atoms with Crippen molar-refractivity contribution in [3.05, 3.63) is 0 Å². The first-order valence-corrected chi connectivity index (χ1v) is 6.41. The number of carbonyl (C=O) groups excluding carboxylic acids is 1. The zero-order valence-electron chi connectivity index (χ0n) is 11.0. The Balaban J connectivity index is 4.14. The second-order valence-electron chi connectivity index (χ2n) is 5.01. The van der Waals surface area contributed by atoms with Crippen molar-refractivity contribution >= 4 is 5.78 Å². The first-order valence-electron chi connectivity index (χ1n) is 6.41. The van der Waals surface area contributed by atoms with Crippen LogP contribution in [0.5, 0.6) is 0 Å². The van der Waals surface area contributed by atoms with Crippen molar-refractivity contribution < 1.29 is 18.7 Å². The maximum Gasteiger partial charge on any atom is 0.330 e. The van der Waals surface area contributed by atoms with E-state index in [2.05, 4.69) is 0 Å². The van der Waals surface area contributed by atoms with Gasteiger partial charge < -0.3 is 5.11 Å². The predicted molar refractivity (Wildman–Crippen MR) is 64.2 cm³/mol. The third-order valence-electron chi connectivity index (χ3n) is 2.72. The average Bonchev–Trinajstić information content (AvgIpc) is 2.23. The first-order chi connectivity index (χ1) is 7.82. The van der Waals surface area contributed by atoms with E-state index in [9.17, 15) is 18.7 Å². The van der Waals surface area contributed by atoms with Crippen LogP contribution in [0.1, 0.15) is 59.3 Å². The van der Waals surface area contributed by atoms with Gasteiger partial charge in [-0.1, -0.05) is 46.5 Å². The molecule has 0 bridgehead atoms. The summed E-state index contributed by atoms with van der Waals surface area (Å²) in [5.74, 6) is -4.84. The van der Waals surface area contributed by atoms with Crippen molar-refractivity contribution in [2.45, 2.75) is 71.3 Å². The van der Waals surface area contributed by atoms with E-state index < -0.39 is 17.8 Å². The van der Waals surface area contributed by atoms with Gasteiger partial charge in [0.2, 0.25) is 5.78 Å². The fourth-order valence-corrected chi connectivity index (χ4v) is 1.64. The number of Topliss-reactive ketones (excluding diaryl/α,β-unsaturated/α-hetero) is 1. The second-order valence-corrected chi connectivity index (χ2v) is 5.01. The lowest BCUT2D eigenvalue weighted by atomic mass is 9.96. The molecule has 0 saturated carbocycles. The van der Waals surface area contributed by atoms with Crippen LogP contribution in [-0.4, -0.2) is 22.9 Å². The molecule has 0 radical (unpaired) electrons. The molecular formula is C13H24F2O2. The monoisotopic (exact) mass is 250 g/mol. The van der Waals surface area contributed by atoms with Gasteiger partial charge in [-0.25, -0.2) is 0 Å². The standard InChI is InChI=1S/C13H24F2O2/c1-4-5-6-7-8-11(16)13(14,15)12(17)9-10(2)3/h10-11,16H,4-9H2,1-3H3. The summed E-state index contributed by atoms with van der Waals surface area (Å²) in [6.45, 7) is 5.44. The van der Waals surface area contributed by atoms with E-state index >= 15 is 0 Å². The normalized spacial score (nSPS) is 14.1. The van der Waals surface area contributed by atoms with Gasteiger partial charge in [-0.3, -0.25) is 4.79 Å². The minimum absolute atomic E-state index is 0.00314. The third kappa shape index (κ3) is 6.10. The summed E-state index contributed by atoms with van der Waals surface area (Å²) in [6, 6.07) is 0. The Morgan fingerprint density at radius 3 is 2.29 bits per heavy atom. The molecule has 1 N–H and O–H groups in total. The van der Waals surface area contributed by atoms with Crippen LogP contribution in [-0.2, 0) is 4.79 Å². The number of halogens is 2. The number of ketones is 1. The van der Waals surface area contributed by atoms with Gasteiger partial charge in [0.15, 0.2) is 0 Å². The minimum Gasteiger partial charge on any atom is -0.386 e. The van der Waals surface area contributed by atoms with E-state index in [1.165, 1.54) is 0 Å². The molecule has 0 heterocycles. The van der Waals surface area contributed by atoms with Crippen molar-refractivity contribution in [3.8, 4) is 0 Å². The number of hydrogen-bond donors (Lipinski definition) is 1. The number of rotatable bonds is 9. The highest BCUT2D eigenvalue weighted by atomic mass is 19.3. The van der Waals surface area contributed by atoms with Crippen LogP contribution in [0.4, 0.5) is 8.78 Å². The van der Waals surface area contributed by atoms with Crippen LogP contribution in [0, 0.1) is 5.92 Å². The smallest absolute Gasteiger partial charge is 0.330 e. The molecule has 0 rings (SSSR count). The largest absolute Gasteiger partial charge is 0.386 e. The van der Waals surface area contributed by atoms with Gasteiger partial charge in [0.05, 0.1) is 0 Å². The maximum atomic E-state index is 13.5. The molecule has 4 heteroatoms. The Hall–Kier alpha value is -0.510. The van der Waals surface area contributed by atoms with E-state index in [1.54, 1.807) is 13.8 Å². The molecule has 102 valence electrons. The summed E-state index contributed by atoms with van der Waals surface area (Å²) in [5, 5.41) is 9.39. The van der Waals surface area contributed by atoms with Crippen molar-refractivity contribution in [2.24, 2.45) is 5.92 Å². The third-order valence-corrected chi connectivity index (χ3v) is 2.72. The summed E-state index contributed by atoms with van der Waals surface area (Å²) >= 11 is 0. The van der Waals surface area contributed by atoms with E-state index in [1.807, 2.05) is 6.92 Å². The number of unbranched alkanes of at least 4 members (excludes halogenated alkanes) is 3. The van der Waals surface area contributed by atoms with Crippen LogP contribution >= 0.6 is 0 Å². The molecule has 0 aliphatic rings. The molecule has 17 heavy (non-hydrogen) atoms. The Bertz CT molecular complexity index is 227. The van der Waals surface area contributed by atoms with Gasteiger partial charge in [0.1, 0.15) is 6.10 Å². The SMILES string of the molecule is CCCCCCC(O)C(F)(F)C(=O)CC(C)C. The molecule has 0 saturated heterocycles.